The molecule has 7 rings (SSSR count). The van der Waals surface area contributed by atoms with E-state index < -0.39 is 0 Å². The summed E-state index contributed by atoms with van der Waals surface area (Å²) in [6, 6.07) is 11.3. The van der Waals surface area contributed by atoms with Gasteiger partial charge >= 0.3 is 0 Å². The van der Waals surface area contributed by atoms with Gasteiger partial charge in [0.2, 0.25) is 0 Å². The Hall–Kier alpha value is -4.77. The molecule has 1 atom stereocenters. The van der Waals surface area contributed by atoms with Crippen molar-refractivity contribution in [3.63, 3.8) is 0 Å². The summed E-state index contributed by atoms with van der Waals surface area (Å²) in [7, 11) is 2.24. The molecule has 3 aromatic heterocycles. The van der Waals surface area contributed by atoms with E-state index in [-0.39, 0.29) is 23.4 Å². The van der Waals surface area contributed by atoms with Crippen molar-refractivity contribution in [3.05, 3.63) is 65.7 Å². The van der Waals surface area contributed by atoms with E-state index in [9.17, 15) is 9.90 Å². The van der Waals surface area contributed by atoms with Crippen LogP contribution in [-0.2, 0) is 16.1 Å². The lowest BCUT2D eigenvalue weighted by Crippen LogP contribution is -2.55. The fourth-order valence-electron chi connectivity index (χ4n) is 8.38. The molecular formula is C42H55N9O4. The van der Waals surface area contributed by atoms with Crippen LogP contribution in [0.25, 0.3) is 11.3 Å². The smallest absolute Gasteiger partial charge is 0.172 e. The lowest BCUT2D eigenvalue weighted by Gasteiger charge is -2.55. The highest BCUT2D eigenvalue weighted by Gasteiger charge is 2.47. The third-order valence-corrected chi connectivity index (χ3v) is 12.1. The summed E-state index contributed by atoms with van der Waals surface area (Å²) in [5.41, 5.74) is 8.93. The SMILES string of the molecule is CC(C)C(C=O)c1cc(N2CCC(CN3CCC4(CC3)CC(N(C)CCOCCn3cc(C#Cc5cc(-c6ccccc6O)nnc5N)cn3)C4)CC2)no1. The fraction of sp³-hybridized carbons (Fsp3) is 0.548. The Morgan fingerprint density at radius 2 is 1.87 bits per heavy atom. The normalized spacial score (nSPS) is 18.4. The van der Waals surface area contributed by atoms with Gasteiger partial charge in [-0.05, 0) is 94.1 Å². The molecule has 4 aromatic rings. The number of aromatic hydroxyl groups is 1. The highest BCUT2D eigenvalue weighted by Crippen LogP contribution is 2.50. The van der Waals surface area contributed by atoms with Crippen LogP contribution in [0, 0.1) is 29.1 Å². The predicted octanol–water partition coefficient (Wildman–Crippen LogP) is 5.06. The quantitative estimate of drug-likeness (QED) is 0.101. The average molecular weight is 750 g/mol. The molecule has 0 radical (unpaired) electrons. The summed E-state index contributed by atoms with van der Waals surface area (Å²) in [5, 5.41) is 27.0. The number of phenols is 1. The molecular weight excluding hydrogens is 695 g/mol. The number of benzene rings is 1. The third-order valence-electron chi connectivity index (χ3n) is 12.1. The van der Waals surface area contributed by atoms with Crippen molar-refractivity contribution in [2.75, 3.05) is 70.2 Å². The standard InChI is InChI=1S/C42H55N9O4/c1-30(2)36(29-52)39-23-40(47-55-39)50-14-10-31(11-15-50)27-49-16-12-42(13-17-49)24-34(25-42)48(3)18-20-54-21-19-51-28-32(26-44-51)8-9-33-22-37(45-46-41(33)43)35-6-4-5-7-38(35)53/h4-7,22-23,26,28-31,34,36,53H,10-21,24-25,27H2,1-3H3,(H2,43,46). The molecule has 0 bridgehead atoms. The summed E-state index contributed by atoms with van der Waals surface area (Å²) >= 11 is 0. The number of nitrogen functional groups attached to an aromatic ring is 1. The summed E-state index contributed by atoms with van der Waals surface area (Å²) < 4.78 is 13.4. The minimum absolute atomic E-state index is 0.122. The first-order valence-corrected chi connectivity index (χ1v) is 19.8. The zero-order valence-electron chi connectivity index (χ0n) is 32.4. The van der Waals surface area contributed by atoms with Gasteiger partial charge in [-0.25, -0.2) is 0 Å². The Balaban J connectivity index is 0.763. The van der Waals surface area contributed by atoms with E-state index in [2.05, 4.69) is 54.0 Å². The molecule has 3 fully saturated rings. The number of likely N-dealkylation sites (tertiary alicyclic amines) is 1. The average Bonchev–Trinajstić information content (AvgIpc) is 3.85. The molecule has 2 saturated heterocycles. The molecule has 0 amide bonds. The number of carbonyl (C=O) groups excluding carboxylic acids is 1. The first-order chi connectivity index (χ1) is 26.7. The van der Waals surface area contributed by atoms with Crippen LogP contribution in [0.1, 0.15) is 75.2 Å². The number of nitrogens with two attached hydrogens (primary N) is 1. The van der Waals surface area contributed by atoms with Crippen molar-refractivity contribution >= 4 is 17.9 Å². The second-order valence-electron chi connectivity index (χ2n) is 16.2. The maximum absolute atomic E-state index is 11.5. The molecule has 55 heavy (non-hydrogen) atoms. The van der Waals surface area contributed by atoms with E-state index in [0.717, 1.165) is 43.2 Å². The molecule has 13 nitrogen and oxygen atoms in total. The molecule has 3 N–H and O–H groups in total. The minimum atomic E-state index is -0.233. The molecule has 292 valence electrons. The van der Waals surface area contributed by atoms with Crippen LogP contribution in [0.2, 0.25) is 0 Å². The summed E-state index contributed by atoms with van der Waals surface area (Å²) in [6.07, 6.45) is 12.2. The second kappa shape index (κ2) is 17.4. The lowest BCUT2D eigenvalue weighted by atomic mass is 9.60. The number of aldehydes is 1. The number of ether oxygens (including phenoxy) is 1. The van der Waals surface area contributed by atoms with Crippen molar-refractivity contribution in [2.24, 2.45) is 17.3 Å². The minimum Gasteiger partial charge on any atom is -0.507 e. The number of hydrogen-bond donors (Lipinski definition) is 2. The first-order valence-electron chi connectivity index (χ1n) is 19.8. The molecule has 1 aromatic carbocycles. The van der Waals surface area contributed by atoms with Gasteiger partial charge in [0.05, 0.1) is 48.7 Å². The van der Waals surface area contributed by atoms with E-state index in [0.29, 0.717) is 53.8 Å². The van der Waals surface area contributed by atoms with Gasteiger partial charge < -0.3 is 39.6 Å². The van der Waals surface area contributed by atoms with Crippen LogP contribution in [0.5, 0.6) is 5.75 Å². The zero-order chi connectivity index (χ0) is 38.4. The Labute approximate surface area is 324 Å². The number of phenolic OH excluding ortho intramolecular Hbond substituents is 1. The molecule has 3 aliphatic rings. The number of piperidine rings is 2. The van der Waals surface area contributed by atoms with Gasteiger partial charge in [0.15, 0.2) is 11.6 Å². The number of hydrogen-bond acceptors (Lipinski definition) is 12. The van der Waals surface area contributed by atoms with E-state index in [1.807, 2.05) is 36.9 Å². The largest absolute Gasteiger partial charge is 0.507 e. The van der Waals surface area contributed by atoms with Crippen LogP contribution in [0.4, 0.5) is 11.6 Å². The molecule has 1 aliphatic carbocycles. The Kier molecular flexibility index (Phi) is 12.1. The number of rotatable bonds is 14. The predicted molar refractivity (Wildman–Crippen MR) is 211 cm³/mol. The number of likely N-dealkylation sites (N-methyl/N-ethyl adjacent to an activating group) is 1. The van der Waals surface area contributed by atoms with Crippen LogP contribution < -0.4 is 10.6 Å². The highest BCUT2D eigenvalue weighted by molar-refractivity contribution is 5.69. The molecule has 13 heteroatoms. The van der Waals surface area contributed by atoms with Crippen molar-refractivity contribution < 1.29 is 19.2 Å². The summed E-state index contributed by atoms with van der Waals surface area (Å²) in [6.45, 7) is 12.5. The van der Waals surface area contributed by atoms with Crippen molar-refractivity contribution in [1.82, 2.24) is 34.9 Å². The summed E-state index contributed by atoms with van der Waals surface area (Å²) in [4.78, 5) is 19.0. The van der Waals surface area contributed by atoms with E-state index in [1.54, 1.807) is 30.5 Å². The maximum atomic E-state index is 11.5. The van der Waals surface area contributed by atoms with Gasteiger partial charge in [-0.1, -0.05) is 43.0 Å². The number of para-hydroxylation sites is 1. The van der Waals surface area contributed by atoms with Crippen LogP contribution >= 0.6 is 0 Å². The zero-order valence-corrected chi connectivity index (χ0v) is 32.4. The lowest BCUT2D eigenvalue weighted by molar-refractivity contribution is -0.110. The molecule has 1 unspecified atom stereocenters. The number of nitrogens with zero attached hydrogens (tertiary/aromatic N) is 8. The monoisotopic (exact) mass is 749 g/mol. The highest BCUT2D eigenvalue weighted by atomic mass is 16.5. The van der Waals surface area contributed by atoms with Gasteiger partial charge in [-0.2, -0.15) is 5.10 Å². The van der Waals surface area contributed by atoms with Crippen LogP contribution in [-0.4, -0.2) is 112 Å². The maximum Gasteiger partial charge on any atom is 0.172 e. The number of anilines is 2. The van der Waals surface area contributed by atoms with Gasteiger partial charge in [-0.15, -0.1) is 10.2 Å². The number of aromatic nitrogens is 5. The van der Waals surface area contributed by atoms with E-state index in [1.165, 1.54) is 58.2 Å². The Bertz CT molecular complexity index is 1940. The molecule has 1 saturated carbocycles. The van der Waals surface area contributed by atoms with Gasteiger partial charge in [-0.3, -0.25) is 4.68 Å². The molecule has 2 aliphatic heterocycles. The summed E-state index contributed by atoms with van der Waals surface area (Å²) in [5.74, 6) is 8.77. The van der Waals surface area contributed by atoms with Gasteiger partial charge in [0.1, 0.15) is 17.8 Å². The molecule has 1 spiro atoms. The first kappa shape index (κ1) is 38.5. The Morgan fingerprint density at radius 3 is 2.62 bits per heavy atom. The number of carbonyl (C=O) groups is 1. The van der Waals surface area contributed by atoms with Crippen molar-refractivity contribution in [1.29, 1.82) is 0 Å². The molecule has 5 heterocycles. The fourth-order valence-corrected chi connectivity index (χ4v) is 8.38. The second-order valence-corrected chi connectivity index (χ2v) is 16.2. The van der Waals surface area contributed by atoms with E-state index >= 15 is 0 Å². The van der Waals surface area contributed by atoms with Crippen molar-refractivity contribution in [3.8, 4) is 28.8 Å². The van der Waals surface area contributed by atoms with Crippen LogP contribution in [0.3, 0.4) is 0 Å². The van der Waals surface area contributed by atoms with Gasteiger partial charge in [0.25, 0.3) is 0 Å². The van der Waals surface area contributed by atoms with Gasteiger partial charge in [0, 0.05) is 50.0 Å². The van der Waals surface area contributed by atoms with Crippen LogP contribution in [0.15, 0.2) is 53.3 Å². The topological polar surface area (TPSA) is 152 Å². The Morgan fingerprint density at radius 1 is 1.09 bits per heavy atom. The van der Waals surface area contributed by atoms with E-state index in [4.69, 9.17) is 15.0 Å². The van der Waals surface area contributed by atoms with Crippen molar-refractivity contribution in [2.45, 2.75) is 70.9 Å². The third kappa shape index (κ3) is 9.37.